The van der Waals surface area contributed by atoms with Crippen LogP contribution in [0.15, 0.2) is 53.1 Å². The molecule has 10 heteroatoms. The van der Waals surface area contributed by atoms with E-state index in [1.165, 1.54) is 6.07 Å². The molecule has 0 saturated carbocycles. The zero-order valence-corrected chi connectivity index (χ0v) is 15.8. The number of aromatic nitrogens is 2. The molecule has 1 aliphatic heterocycles. The van der Waals surface area contributed by atoms with E-state index in [0.717, 1.165) is 25.1 Å². The van der Waals surface area contributed by atoms with Crippen molar-refractivity contribution in [2.45, 2.75) is 12.8 Å². The van der Waals surface area contributed by atoms with E-state index in [4.69, 9.17) is 4.42 Å². The van der Waals surface area contributed by atoms with Gasteiger partial charge in [-0.2, -0.15) is 4.39 Å². The Kier molecular flexibility index (Phi) is 5.38. The number of nitrogens with one attached hydrogen (secondary N) is 1. The molecule has 1 N–H and O–H groups in total. The van der Waals surface area contributed by atoms with E-state index in [-0.39, 0.29) is 17.5 Å². The summed E-state index contributed by atoms with van der Waals surface area (Å²) in [4.78, 5) is 24.7. The van der Waals surface area contributed by atoms with Gasteiger partial charge in [0.05, 0.1) is 17.1 Å². The molecule has 0 radical (unpaired) electrons. The summed E-state index contributed by atoms with van der Waals surface area (Å²) < 4.78 is 18.8. The third kappa shape index (κ3) is 4.12. The van der Waals surface area contributed by atoms with Crippen molar-refractivity contribution in [1.29, 1.82) is 0 Å². The highest BCUT2D eigenvalue weighted by atomic mass is 19.1. The first-order chi connectivity index (χ1) is 14.5. The molecule has 3 aromatic rings. The van der Waals surface area contributed by atoms with Crippen LogP contribution < -0.4 is 10.2 Å². The van der Waals surface area contributed by atoms with Gasteiger partial charge in [0, 0.05) is 24.8 Å². The molecule has 1 atom stereocenters. The van der Waals surface area contributed by atoms with Crippen molar-refractivity contribution in [3.8, 4) is 11.5 Å². The van der Waals surface area contributed by atoms with Gasteiger partial charge in [0.25, 0.3) is 0 Å². The molecule has 30 heavy (non-hydrogen) atoms. The number of piperidine rings is 1. The van der Waals surface area contributed by atoms with E-state index in [1.54, 1.807) is 18.4 Å². The summed E-state index contributed by atoms with van der Waals surface area (Å²) in [6.45, 7) is 1.17. The Bertz CT molecular complexity index is 1060. The van der Waals surface area contributed by atoms with Gasteiger partial charge in [0.1, 0.15) is 5.69 Å². The quantitative estimate of drug-likeness (QED) is 0.503. The maximum Gasteiger partial charge on any atom is 0.306 e. The van der Waals surface area contributed by atoms with Crippen LogP contribution in [0.1, 0.15) is 12.8 Å². The van der Waals surface area contributed by atoms with Crippen LogP contribution in [-0.4, -0.2) is 34.1 Å². The lowest BCUT2D eigenvalue weighted by atomic mass is 9.97. The highest BCUT2D eigenvalue weighted by Gasteiger charge is 2.27. The topological polar surface area (TPSA) is 114 Å². The number of amides is 1. The predicted molar refractivity (Wildman–Crippen MR) is 106 cm³/mol. The van der Waals surface area contributed by atoms with Crippen molar-refractivity contribution in [3.05, 3.63) is 64.7 Å². The molecule has 9 nitrogen and oxygen atoms in total. The van der Waals surface area contributed by atoms with E-state index in [1.807, 2.05) is 17.0 Å². The third-order valence-corrected chi connectivity index (χ3v) is 4.95. The number of rotatable bonds is 5. The molecule has 3 heterocycles. The average Bonchev–Trinajstić information content (AvgIpc) is 3.30. The molecule has 4 rings (SSSR count). The molecule has 1 amide bonds. The maximum atomic E-state index is 13.5. The molecule has 1 fully saturated rings. The Balaban J connectivity index is 1.43. The lowest BCUT2D eigenvalue weighted by Crippen LogP contribution is -2.41. The van der Waals surface area contributed by atoms with E-state index < -0.39 is 16.4 Å². The van der Waals surface area contributed by atoms with Gasteiger partial charge in [-0.1, -0.05) is 0 Å². The SMILES string of the molecule is O=C(Nc1ccc(F)c([N+](=O)[O-])c1)C1CCCN(c2ccc(-c3ccco3)nn2)C1. The molecule has 0 bridgehead atoms. The molecule has 1 aromatic carbocycles. The summed E-state index contributed by atoms with van der Waals surface area (Å²) in [6, 6.07) is 10.5. The van der Waals surface area contributed by atoms with Crippen molar-refractivity contribution in [3.63, 3.8) is 0 Å². The number of hydrogen-bond acceptors (Lipinski definition) is 7. The summed E-state index contributed by atoms with van der Waals surface area (Å²) in [6.07, 6.45) is 3.02. The van der Waals surface area contributed by atoms with Crippen molar-refractivity contribution < 1.29 is 18.5 Å². The van der Waals surface area contributed by atoms with E-state index in [9.17, 15) is 19.3 Å². The van der Waals surface area contributed by atoms with Gasteiger partial charge >= 0.3 is 5.69 Å². The Morgan fingerprint density at radius 2 is 2.13 bits per heavy atom. The summed E-state index contributed by atoms with van der Waals surface area (Å²) >= 11 is 0. The van der Waals surface area contributed by atoms with Crippen LogP contribution in [0, 0.1) is 21.8 Å². The van der Waals surface area contributed by atoms with Gasteiger partial charge in [0.2, 0.25) is 11.7 Å². The third-order valence-electron chi connectivity index (χ3n) is 4.95. The molecule has 0 spiro atoms. The van der Waals surface area contributed by atoms with Gasteiger partial charge in [-0.05, 0) is 49.2 Å². The molecule has 154 valence electrons. The highest BCUT2D eigenvalue weighted by Crippen LogP contribution is 2.26. The number of hydrogen-bond donors (Lipinski definition) is 1. The monoisotopic (exact) mass is 411 g/mol. The zero-order chi connectivity index (χ0) is 21.1. The van der Waals surface area contributed by atoms with E-state index >= 15 is 0 Å². The van der Waals surface area contributed by atoms with E-state index in [2.05, 4.69) is 15.5 Å². The van der Waals surface area contributed by atoms with Crippen molar-refractivity contribution in [2.24, 2.45) is 5.92 Å². The molecule has 0 aliphatic carbocycles. The second-order valence-electron chi connectivity index (χ2n) is 6.95. The number of furan rings is 1. The number of carbonyl (C=O) groups is 1. The van der Waals surface area contributed by atoms with Crippen LogP contribution in [-0.2, 0) is 4.79 Å². The standard InChI is InChI=1S/C20H18FN5O4/c21-15-6-5-14(11-17(15)26(28)29)22-20(27)13-3-1-9-25(12-13)19-8-7-16(23-24-19)18-4-2-10-30-18/h2,4-8,10-11,13H,1,3,9,12H2,(H,22,27). The summed E-state index contributed by atoms with van der Waals surface area (Å²) in [5, 5.41) is 22.0. The fourth-order valence-corrected chi connectivity index (χ4v) is 3.42. The van der Waals surface area contributed by atoms with Crippen LogP contribution >= 0.6 is 0 Å². The molecule has 2 aromatic heterocycles. The fraction of sp³-hybridized carbons (Fsp3) is 0.250. The second kappa shape index (κ2) is 8.27. The van der Waals surface area contributed by atoms with Gasteiger partial charge in [-0.15, -0.1) is 10.2 Å². The van der Waals surface area contributed by atoms with Crippen LogP contribution in [0.4, 0.5) is 21.6 Å². The molecule has 1 saturated heterocycles. The number of anilines is 2. The summed E-state index contributed by atoms with van der Waals surface area (Å²) in [5.41, 5.74) is 0.130. The van der Waals surface area contributed by atoms with Crippen LogP contribution in [0.2, 0.25) is 0 Å². The minimum absolute atomic E-state index is 0.188. The number of carbonyl (C=O) groups excluding carboxylic acids is 1. The van der Waals surface area contributed by atoms with Gasteiger partial charge in [-0.3, -0.25) is 14.9 Å². The molecule has 1 unspecified atom stereocenters. The Labute approximate surface area is 170 Å². The van der Waals surface area contributed by atoms with Crippen molar-refractivity contribution in [1.82, 2.24) is 10.2 Å². The number of halogens is 1. The first-order valence-electron chi connectivity index (χ1n) is 9.38. The Morgan fingerprint density at radius 3 is 2.83 bits per heavy atom. The van der Waals surface area contributed by atoms with E-state index in [0.29, 0.717) is 30.2 Å². The van der Waals surface area contributed by atoms with Crippen molar-refractivity contribution >= 4 is 23.1 Å². The second-order valence-corrected chi connectivity index (χ2v) is 6.95. The number of nitrogens with zero attached hydrogens (tertiary/aromatic N) is 4. The van der Waals surface area contributed by atoms with Crippen LogP contribution in [0.3, 0.4) is 0 Å². The largest absolute Gasteiger partial charge is 0.463 e. The number of nitro groups is 1. The fourth-order valence-electron chi connectivity index (χ4n) is 3.42. The van der Waals surface area contributed by atoms with Crippen LogP contribution in [0.5, 0.6) is 0 Å². The Morgan fingerprint density at radius 1 is 1.27 bits per heavy atom. The zero-order valence-electron chi connectivity index (χ0n) is 15.8. The molecular weight excluding hydrogens is 393 g/mol. The first kappa shape index (κ1) is 19.5. The van der Waals surface area contributed by atoms with Crippen LogP contribution in [0.25, 0.3) is 11.5 Å². The van der Waals surface area contributed by atoms with Crippen molar-refractivity contribution in [2.75, 3.05) is 23.3 Å². The number of nitro benzene ring substituents is 1. The molecular formula is C20H18FN5O4. The first-order valence-corrected chi connectivity index (χ1v) is 9.38. The van der Waals surface area contributed by atoms with Gasteiger partial charge in [-0.25, -0.2) is 0 Å². The lowest BCUT2D eigenvalue weighted by molar-refractivity contribution is -0.387. The predicted octanol–water partition coefficient (Wildman–Crippen LogP) is 3.64. The average molecular weight is 411 g/mol. The lowest BCUT2D eigenvalue weighted by Gasteiger charge is -2.32. The highest BCUT2D eigenvalue weighted by molar-refractivity contribution is 5.93. The summed E-state index contributed by atoms with van der Waals surface area (Å²) in [5.74, 6) is -0.285. The number of benzene rings is 1. The minimum Gasteiger partial charge on any atom is -0.463 e. The maximum absolute atomic E-state index is 13.5. The molecule has 1 aliphatic rings. The summed E-state index contributed by atoms with van der Waals surface area (Å²) in [7, 11) is 0. The van der Waals surface area contributed by atoms with Gasteiger partial charge in [0.15, 0.2) is 11.6 Å². The Hall–Kier alpha value is -3.82. The van der Waals surface area contributed by atoms with Gasteiger partial charge < -0.3 is 14.6 Å². The minimum atomic E-state index is -0.946. The smallest absolute Gasteiger partial charge is 0.306 e. The normalized spacial score (nSPS) is 16.3.